The van der Waals surface area contributed by atoms with E-state index in [1.165, 1.54) is 5.56 Å². The van der Waals surface area contributed by atoms with Gasteiger partial charge in [0.2, 0.25) is 0 Å². The predicted octanol–water partition coefficient (Wildman–Crippen LogP) is 3.17. The summed E-state index contributed by atoms with van der Waals surface area (Å²) < 4.78 is 0. The number of nitrogens with two attached hydrogens (primary N) is 1. The highest BCUT2D eigenvalue weighted by atomic mass is 16.6. The van der Waals surface area contributed by atoms with Gasteiger partial charge in [-0.05, 0) is 24.1 Å². The summed E-state index contributed by atoms with van der Waals surface area (Å²) >= 11 is 0. The van der Waals surface area contributed by atoms with Crippen LogP contribution in [-0.2, 0) is 0 Å². The Hall–Kier alpha value is -2.56. The number of anilines is 2. The second kappa shape index (κ2) is 5.44. The molecule has 1 atom stereocenters. The second-order valence-electron chi connectivity index (χ2n) is 5.31. The number of para-hydroxylation sites is 1. The summed E-state index contributed by atoms with van der Waals surface area (Å²) in [6.45, 7) is 1.60. The Morgan fingerprint density at radius 2 is 1.90 bits per heavy atom. The average Bonchev–Trinajstić information content (AvgIpc) is 2.97. The number of rotatable bonds is 3. The van der Waals surface area contributed by atoms with Gasteiger partial charge in [-0.1, -0.05) is 36.4 Å². The van der Waals surface area contributed by atoms with Crippen LogP contribution in [0, 0.1) is 10.1 Å². The lowest BCUT2D eigenvalue weighted by atomic mass is 9.99. The van der Waals surface area contributed by atoms with E-state index in [1.54, 1.807) is 18.2 Å². The Morgan fingerprint density at radius 1 is 1.14 bits per heavy atom. The summed E-state index contributed by atoms with van der Waals surface area (Å²) in [5, 5.41) is 11.2. The van der Waals surface area contributed by atoms with Crippen LogP contribution in [0.15, 0.2) is 48.5 Å². The van der Waals surface area contributed by atoms with Crippen molar-refractivity contribution in [1.29, 1.82) is 0 Å². The van der Waals surface area contributed by atoms with Crippen LogP contribution >= 0.6 is 0 Å². The summed E-state index contributed by atoms with van der Waals surface area (Å²) in [5.41, 5.74) is 7.92. The first-order valence-corrected chi connectivity index (χ1v) is 6.99. The van der Waals surface area contributed by atoms with E-state index in [9.17, 15) is 10.1 Å². The van der Waals surface area contributed by atoms with Crippen molar-refractivity contribution in [2.45, 2.75) is 12.3 Å². The first-order chi connectivity index (χ1) is 10.2. The van der Waals surface area contributed by atoms with Gasteiger partial charge >= 0.3 is 5.69 Å². The van der Waals surface area contributed by atoms with Crippen LogP contribution in [-0.4, -0.2) is 18.0 Å². The quantitative estimate of drug-likeness (QED) is 0.533. The van der Waals surface area contributed by atoms with Gasteiger partial charge in [0.25, 0.3) is 0 Å². The number of nitrogens with zero attached hydrogens (tertiary/aromatic N) is 2. The molecular formula is C16H17N3O2. The summed E-state index contributed by atoms with van der Waals surface area (Å²) in [6, 6.07) is 15.4. The molecule has 1 saturated heterocycles. The minimum Gasteiger partial charge on any atom is -0.393 e. The molecule has 1 aliphatic rings. The van der Waals surface area contributed by atoms with E-state index in [4.69, 9.17) is 5.73 Å². The summed E-state index contributed by atoms with van der Waals surface area (Å²) in [4.78, 5) is 12.9. The van der Waals surface area contributed by atoms with Gasteiger partial charge in [0, 0.05) is 19.0 Å². The van der Waals surface area contributed by atoms with Crippen LogP contribution in [0.2, 0.25) is 0 Å². The summed E-state index contributed by atoms with van der Waals surface area (Å²) in [6.07, 6.45) is 0.996. The SMILES string of the molecule is Nc1cccc(N2CCC(c3ccccc3)C2)c1[N+](=O)[O-]. The normalized spacial score (nSPS) is 17.9. The minimum atomic E-state index is -0.388. The minimum absolute atomic E-state index is 0.0196. The molecular weight excluding hydrogens is 266 g/mol. The fourth-order valence-electron chi connectivity index (χ4n) is 2.98. The lowest BCUT2D eigenvalue weighted by Crippen LogP contribution is -2.20. The zero-order valence-corrected chi connectivity index (χ0v) is 11.6. The molecule has 0 radical (unpaired) electrons. The van der Waals surface area contributed by atoms with Crippen molar-refractivity contribution in [1.82, 2.24) is 0 Å². The molecule has 0 bridgehead atoms. The highest BCUT2D eigenvalue weighted by molar-refractivity contribution is 5.75. The first-order valence-electron chi connectivity index (χ1n) is 6.99. The van der Waals surface area contributed by atoms with E-state index < -0.39 is 0 Å². The van der Waals surface area contributed by atoms with Gasteiger partial charge in [0.15, 0.2) is 0 Å². The molecule has 0 saturated carbocycles. The number of nitro benzene ring substituents is 1. The van der Waals surface area contributed by atoms with Gasteiger partial charge in [0.1, 0.15) is 11.4 Å². The number of hydrogen-bond donors (Lipinski definition) is 1. The van der Waals surface area contributed by atoms with Crippen molar-refractivity contribution < 1.29 is 4.92 Å². The van der Waals surface area contributed by atoms with Gasteiger partial charge < -0.3 is 10.6 Å². The van der Waals surface area contributed by atoms with Crippen molar-refractivity contribution >= 4 is 17.1 Å². The zero-order chi connectivity index (χ0) is 14.8. The van der Waals surface area contributed by atoms with Crippen molar-refractivity contribution in [3.05, 3.63) is 64.2 Å². The maximum atomic E-state index is 11.2. The van der Waals surface area contributed by atoms with Crippen molar-refractivity contribution in [2.24, 2.45) is 0 Å². The van der Waals surface area contributed by atoms with Crippen LogP contribution in [0.25, 0.3) is 0 Å². The topological polar surface area (TPSA) is 72.4 Å². The Balaban J connectivity index is 1.87. The van der Waals surface area contributed by atoms with Crippen molar-refractivity contribution in [2.75, 3.05) is 23.7 Å². The zero-order valence-electron chi connectivity index (χ0n) is 11.6. The average molecular weight is 283 g/mol. The molecule has 0 aromatic heterocycles. The molecule has 2 aromatic carbocycles. The molecule has 2 aromatic rings. The highest BCUT2D eigenvalue weighted by Crippen LogP contribution is 2.38. The standard InChI is InChI=1S/C16H17N3O2/c17-14-7-4-8-15(16(14)19(20)21)18-10-9-13(11-18)12-5-2-1-3-6-12/h1-8,13H,9-11,17H2. The van der Waals surface area contributed by atoms with E-state index in [-0.39, 0.29) is 16.3 Å². The molecule has 1 fully saturated rings. The number of nitro groups is 1. The summed E-state index contributed by atoms with van der Waals surface area (Å²) in [5.74, 6) is 0.409. The van der Waals surface area contributed by atoms with Crippen molar-refractivity contribution in [3.63, 3.8) is 0 Å². The van der Waals surface area contributed by atoms with Crippen LogP contribution in [0.1, 0.15) is 17.9 Å². The lowest BCUT2D eigenvalue weighted by Gasteiger charge is -2.19. The van der Waals surface area contributed by atoms with Gasteiger partial charge in [-0.3, -0.25) is 10.1 Å². The van der Waals surface area contributed by atoms with E-state index in [0.29, 0.717) is 11.6 Å². The molecule has 3 rings (SSSR count). The Morgan fingerprint density at radius 3 is 2.62 bits per heavy atom. The number of hydrogen-bond acceptors (Lipinski definition) is 4. The number of nitrogen functional groups attached to an aromatic ring is 1. The molecule has 1 heterocycles. The molecule has 1 unspecified atom stereocenters. The largest absolute Gasteiger partial charge is 0.393 e. The molecule has 5 nitrogen and oxygen atoms in total. The predicted molar refractivity (Wildman–Crippen MR) is 83.5 cm³/mol. The monoisotopic (exact) mass is 283 g/mol. The third kappa shape index (κ3) is 2.54. The molecule has 0 amide bonds. The van der Waals surface area contributed by atoms with Gasteiger partial charge in [-0.2, -0.15) is 0 Å². The Labute approximate surface area is 123 Å². The van der Waals surface area contributed by atoms with Crippen LogP contribution < -0.4 is 10.6 Å². The second-order valence-corrected chi connectivity index (χ2v) is 5.31. The third-order valence-corrected chi connectivity index (χ3v) is 4.03. The molecule has 1 aliphatic heterocycles. The molecule has 0 spiro atoms. The van der Waals surface area contributed by atoms with Crippen LogP contribution in [0.4, 0.5) is 17.1 Å². The molecule has 2 N–H and O–H groups in total. The number of benzene rings is 2. The van der Waals surface area contributed by atoms with E-state index in [1.807, 2.05) is 18.2 Å². The summed E-state index contributed by atoms with van der Waals surface area (Å²) in [7, 11) is 0. The van der Waals surface area contributed by atoms with Crippen LogP contribution in [0.5, 0.6) is 0 Å². The Bertz CT molecular complexity index is 658. The van der Waals surface area contributed by atoms with Gasteiger partial charge in [-0.15, -0.1) is 0 Å². The molecule has 0 aliphatic carbocycles. The van der Waals surface area contributed by atoms with E-state index in [2.05, 4.69) is 17.0 Å². The fraction of sp³-hybridized carbons (Fsp3) is 0.250. The van der Waals surface area contributed by atoms with Crippen molar-refractivity contribution in [3.8, 4) is 0 Å². The Kier molecular flexibility index (Phi) is 3.48. The fourth-order valence-corrected chi connectivity index (χ4v) is 2.98. The maximum Gasteiger partial charge on any atom is 0.315 e. The third-order valence-electron chi connectivity index (χ3n) is 4.03. The first kappa shape index (κ1) is 13.4. The van der Waals surface area contributed by atoms with E-state index in [0.717, 1.165) is 19.5 Å². The van der Waals surface area contributed by atoms with Gasteiger partial charge in [0.05, 0.1) is 4.92 Å². The maximum absolute atomic E-state index is 11.2. The molecule has 5 heteroatoms. The smallest absolute Gasteiger partial charge is 0.315 e. The molecule has 21 heavy (non-hydrogen) atoms. The lowest BCUT2D eigenvalue weighted by molar-refractivity contribution is -0.383. The van der Waals surface area contributed by atoms with Crippen LogP contribution in [0.3, 0.4) is 0 Å². The van der Waals surface area contributed by atoms with Gasteiger partial charge in [-0.25, -0.2) is 0 Å². The molecule has 108 valence electrons. The highest BCUT2D eigenvalue weighted by Gasteiger charge is 2.29. The van der Waals surface area contributed by atoms with E-state index >= 15 is 0 Å².